The van der Waals surface area contributed by atoms with Gasteiger partial charge in [-0.15, -0.1) is 22.7 Å². The Hall–Kier alpha value is -3.00. The summed E-state index contributed by atoms with van der Waals surface area (Å²) < 4.78 is 5.97. The van der Waals surface area contributed by atoms with Gasteiger partial charge in [-0.25, -0.2) is 0 Å². The molecule has 2 N–H and O–H groups in total. The molecule has 2 heterocycles. The first-order valence-corrected chi connectivity index (χ1v) is 14.0. The minimum absolute atomic E-state index is 0.582. The summed E-state index contributed by atoms with van der Waals surface area (Å²) in [4.78, 5) is 0. The monoisotopic (exact) mass is 566 g/mol. The first kappa shape index (κ1) is 23.4. The molecule has 0 atom stereocenters. The number of hydrogen-bond acceptors (Lipinski definition) is 4. The molecule has 0 unspecified atom stereocenters. The van der Waals surface area contributed by atoms with Crippen LogP contribution < -0.4 is 5.46 Å². The fourth-order valence-electron chi connectivity index (χ4n) is 4.60. The van der Waals surface area contributed by atoms with Crippen molar-refractivity contribution in [1.82, 2.24) is 0 Å². The third-order valence-electron chi connectivity index (χ3n) is 6.25. The van der Waals surface area contributed by atoms with E-state index in [0.717, 1.165) is 14.6 Å². The second-order valence-corrected chi connectivity index (χ2v) is 11.5. The molecule has 0 amide bonds. The molecule has 5 aromatic carbocycles. The van der Waals surface area contributed by atoms with Crippen LogP contribution in [0, 0.1) is 0 Å². The number of hydrogen-bond donors (Lipinski definition) is 2. The van der Waals surface area contributed by atoms with Gasteiger partial charge in [0.2, 0.25) is 0 Å². The lowest BCUT2D eigenvalue weighted by Gasteiger charge is -2.04. The summed E-state index contributed by atoms with van der Waals surface area (Å²) in [5.74, 6) is 0. The third kappa shape index (κ3) is 4.25. The van der Waals surface area contributed by atoms with Crippen LogP contribution in [0.1, 0.15) is 0 Å². The summed E-state index contributed by atoms with van der Waals surface area (Å²) >= 11 is 7.03. The molecular formula is C30H20BBrO2S2. The number of halogens is 1. The van der Waals surface area contributed by atoms with E-state index in [-0.39, 0.29) is 0 Å². The standard InChI is InChI=1S/C18H11BrS.C12H9BO2S/c19-13-6-3-5-12(11-13)14-8-4-9-16-15-7-1-2-10-17(15)20-18(14)16;14-13(15)10-6-3-5-9-8-4-1-2-7-11(8)16-12(9)10/h1-11H;1-7,14-15H. The maximum Gasteiger partial charge on any atom is 0.489 e. The average Bonchev–Trinajstić information content (AvgIpc) is 3.47. The van der Waals surface area contributed by atoms with Crippen LogP contribution in [0.5, 0.6) is 0 Å². The molecule has 0 bridgehead atoms. The van der Waals surface area contributed by atoms with Crippen molar-refractivity contribution in [2.75, 3.05) is 0 Å². The van der Waals surface area contributed by atoms with Crippen LogP contribution in [0.4, 0.5) is 0 Å². The van der Waals surface area contributed by atoms with Gasteiger partial charge in [-0.2, -0.15) is 0 Å². The SMILES string of the molecule is Brc1cccc(-c2cccc3c2sc2ccccc23)c1.OB(O)c1cccc2c1sc1ccccc12. The molecule has 7 rings (SSSR count). The first-order chi connectivity index (χ1) is 17.6. The number of fused-ring (bicyclic) bond motifs is 6. The van der Waals surface area contributed by atoms with Gasteiger partial charge in [0.05, 0.1) is 0 Å². The number of thiophene rings is 2. The Morgan fingerprint density at radius 1 is 0.556 bits per heavy atom. The molecule has 0 radical (unpaired) electrons. The van der Waals surface area contributed by atoms with E-state index in [1.54, 1.807) is 17.4 Å². The van der Waals surface area contributed by atoms with E-state index in [1.807, 2.05) is 41.7 Å². The minimum Gasteiger partial charge on any atom is -0.423 e. The second-order valence-electron chi connectivity index (χ2n) is 8.49. The van der Waals surface area contributed by atoms with E-state index >= 15 is 0 Å². The van der Waals surface area contributed by atoms with E-state index in [4.69, 9.17) is 0 Å². The topological polar surface area (TPSA) is 40.5 Å². The summed E-state index contributed by atoms with van der Waals surface area (Å²) in [5.41, 5.74) is 3.15. The lowest BCUT2D eigenvalue weighted by atomic mass is 9.80. The molecule has 2 nitrogen and oxygen atoms in total. The van der Waals surface area contributed by atoms with Gasteiger partial charge in [0.25, 0.3) is 0 Å². The predicted molar refractivity (Wildman–Crippen MR) is 162 cm³/mol. The summed E-state index contributed by atoms with van der Waals surface area (Å²) in [6.07, 6.45) is 0. The zero-order valence-electron chi connectivity index (χ0n) is 19.1. The molecule has 0 fully saturated rings. The third-order valence-corrected chi connectivity index (χ3v) is 9.20. The Bertz CT molecular complexity index is 1850. The fraction of sp³-hybridized carbons (Fsp3) is 0. The maximum atomic E-state index is 9.31. The molecule has 2 aromatic heterocycles. The molecule has 0 spiro atoms. The Kier molecular flexibility index (Phi) is 6.38. The number of benzene rings is 5. The van der Waals surface area contributed by atoms with Gasteiger partial charge >= 0.3 is 7.12 Å². The first-order valence-electron chi connectivity index (χ1n) is 11.5. The van der Waals surface area contributed by atoms with Gasteiger partial charge < -0.3 is 10.0 Å². The molecule has 0 saturated heterocycles. The van der Waals surface area contributed by atoms with Gasteiger partial charge in [-0.05, 0) is 46.2 Å². The highest BCUT2D eigenvalue weighted by Gasteiger charge is 2.17. The van der Waals surface area contributed by atoms with Gasteiger partial charge in [-0.1, -0.05) is 101 Å². The van der Waals surface area contributed by atoms with Gasteiger partial charge in [0, 0.05) is 39.4 Å². The second kappa shape index (κ2) is 9.81. The van der Waals surface area contributed by atoms with Crippen molar-refractivity contribution in [1.29, 1.82) is 0 Å². The van der Waals surface area contributed by atoms with Crippen LogP contribution >= 0.6 is 38.6 Å². The van der Waals surface area contributed by atoms with Gasteiger partial charge in [0.1, 0.15) is 0 Å². The minimum atomic E-state index is -1.41. The van der Waals surface area contributed by atoms with Crippen LogP contribution in [0.15, 0.2) is 114 Å². The quantitative estimate of drug-likeness (QED) is 0.207. The van der Waals surface area contributed by atoms with E-state index in [9.17, 15) is 10.0 Å². The zero-order chi connectivity index (χ0) is 24.6. The summed E-state index contributed by atoms with van der Waals surface area (Å²) in [6, 6.07) is 37.4. The van der Waals surface area contributed by atoms with Crippen LogP contribution in [-0.2, 0) is 0 Å². The molecule has 0 aliphatic rings. The largest absolute Gasteiger partial charge is 0.489 e. The van der Waals surface area contributed by atoms with Crippen LogP contribution in [0.2, 0.25) is 0 Å². The predicted octanol–water partition coefficient (Wildman–Crippen LogP) is 8.22. The molecule has 36 heavy (non-hydrogen) atoms. The Labute approximate surface area is 225 Å². The normalized spacial score (nSPS) is 11.2. The highest BCUT2D eigenvalue weighted by Crippen LogP contribution is 2.40. The Morgan fingerprint density at radius 2 is 1.11 bits per heavy atom. The lowest BCUT2D eigenvalue weighted by molar-refractivity contribution is 0.426. The van der Waals surface area contributed by atoms with Crippen molar-refractivity contribution < 1.29 is 10.0 Å². The Balaban J connectivity index is 0.000000137. The summed E-state index contributed by atoms with van der Waals surface area (Å²) in [6.45, 7) is 0. The molecule has 6 heteroatoms. The molecule has 0 aliphatic carbocycles. The van der Waals surface area contributed by atoms with Crippen molar-refractivity contribution in [3.05, 3.63) is 114 Å². The average molecular weight is 567 g/mol. The van der Waals surface area contributed by atoms with E-state index in [1.165, 1.54) is 41.4 Å². The highest BCUT2D eigenvalue weighted by atomic mass is 79.9. The fourth-order valence-corrected chi connectivity index (χ4v) is 7.47. The molecule has 0 saturated carbocycles. The highest BCUT2D eigenvalue weighted by molar-refractivity contribution is 9.10. The van der Waals surface area contributed by atoms with Crippen LogP contribution in [0.3, 0.4) is 0 Å². The van der Waals surface area contributed by atoms with Crippen molar-refractivity contribution in [2.24, 2.45) is 0 Å². The van der Waals surface area contributed by atoms with E-state index < -0.39 is 7.12 Å². The smallest absolute Gasteiger partial charge is 0.423 e. The molecule has 7 aromatic rings. The summed E-state index contributed by atoms with van der Waals surface area (Å²) in [5, 5.41) is 23.6. The van der Waals surface area contributed by atoms with E-state index in [2.05, 4.69) is 88.7 Å². The van der Waals surface area contributed by atoms with Gasteiger partial charge in [-0.3, -0.25) is 0 Å². The van der Waals surface area contributed by atoms with Gasteiger partial charge in [0.15, 0.2) is 0 Å². The van der Waals surface area contributed by atoms with Crippen LogP contribution in [0.25, 0.3) is 51.5 Å². The number of rotatable bonds is 2. The van der Waals surface area contributed by atoms with Crippen molar-refractivity contribution in [3.8, 4) is 11.1 Å². The van der Waals surface area contributed by atoms with E-state index in [0.29, 0.717) is 5.46 Å². The van der Waals surface area contributed by atoms with Crippen LogP contribution in [-0.4, -0.2) is 17.2 Å². The lowest BCUT2D eigenvalue weighted by Crippen LogP contribution is -2.29. The van der Waals surface area contributed by atoms with Crippen molar-refractivity contribution >= 4 is 91.5 Å². The summed E-state index contributed by atoms with van der Waals surface area (Å²) in [7, 11) is -1.41. The zero-order valence-corrected chi connectivity index (χ0v) is 22.3. The molecule has 0 aliphatic heterocycles. The van der Waals surface area contributed by atoms with Crippen molar-refractivity contribution in [3.63, 3.8) is 0 Å². The molecule has 174 valence electrons. The maximum absolute atomic E-state index is 9.31. The Morgan fingerprint density at radius 3 is 1.78 bits per heavy atom. The molecular weight excluding hydrogens is 547 g/mol. The van der Waals surface area contributed by atoms with Crippen molar-refractivity contribution in [2.45, 2.75) is 0 Å².